The third-order valence-electron chi connectivity index (χ3n) is 2.53. The van der Waals surface area contributed by atoms with Gasteiger partial charge in [-0.1, -0.05) is 0 Å². The van der Waals surface area contributed by atoms with Crippen LogP contribution in [0.4, 0.5) is 0 Å². The lowest BCUT2D eigenvalue weighted by atomic mass is 9.91. The second-order valence-corrected chi connectivity index (χ2v) is 3.10. The zero-order valence-electron chi connectivity index (χ0n) is 5.69. The zero-order valence-corrected chi connectivity index (χ0v) is 5.69. The van der Waals surface area contributed by atoms with Crippen LogP contribution in [0.25, 0.3) is 0 Å². The molecule has 2 rings (SSSR count). The van der Waals surface area contributed by atoms with Crippen LogP contribution in [0.15, 0.2) is 0 Å². The molecule has 2 heteroatoms. The molecule has 0 saturated carbocycles. The van der Waals surface area contributed by atoms with Gasteiger partial charge in [0.05, 0.1) is 0 Å². The van der Waals surface area contributed by atoms with Crippen molar-refractivity contribution < 1.29 is 0 Å². The SMILES string of the molecule is C1CC(C2CCN2)CN1. The molecule has 2 nitrogen and oxygen atoms in total. The van der Waals surface area contributed by atoms with Crippen LogP contribution < -0.4 is 10.6 Å². The van der Waals surface area contributed by atoms with Gasteiger partial charge in [0.15, 0.2) is 0 Å². The van der Waals surface area contributed by atoms with E-state index in [9.17, 15) is 0 Å². The first-order valence-corrected chi connectivity index (χ1v) is 3.91. The van der Waals surface area contributed by atoms with Gasteiger partial charge in [-0.2, -0.15) is 0 Å². The van der Waals surface area contributed by atoms with E-state index in [1.54, 1.807) is 0 Å². The monoisotopic (exact) mass is 126 g/mol. The predicted molar refractivity (Wildman–Crippen MR) is 37.4 cm³/mol. The van der Waals surface area contributed by atoms with E-state index in [1.165, 1.54) is 32.5 Å². The summed E-state index contributed by atoms with van der Waals surface area (Å²) in [5.41, 5.74) is 0. The van der Waals surface area contributed by atoms with Crippen molar-refractivity contribution in [3.8, 4) is 0 Å². The van der Waals surface area contributed by atoms with E-state index < -0.39 is 0 Å². The van der Waals surface area contributed by atoms with Gasteiger partial charge < -0.3 is 10.6 Å². The second kappa shape index (κ2) is 2.27. The molecule has 0 bridgehead atoms. The summed E-state index contributed by atoms with van der Waals surface area (Å²) >= 11 is 0. The maximum atomic E-state index is 3.45. The Morgan fingerprint density at radius 2 is 2.00 bits per heavy atom. The Morgan fingerprint density at radius 1 is 1.11 bits per heavy atom. The molecule has 2 heterocycles. The highest BCUT2D eigenvalue weighted by Gasteiger charge is 2.28. The van der Waals surface area contributed by atoms with Gasteiger partial charge in [-0.15, -0.1) is 0 Å². The van der Waals surface area contributed by atoms with E-state index in [2.05, 4.69) is 10.6 Å². The maximum Gasteiger partial charge on any atom is 0.0120 e. The Morgan fingerprint density at radius 3 is 2.44 bits per heavy atom. The van der Waals surface area contributed by atoms with Crippen molar-refractivity contribution in [2.45, 2.75) is 18.9 Å². The molecule has 0 aromatic carbocycles. The average molecular weight is 126 g/mol. The van der Waals surface area contributed by atoms with E-state index in [0.29, 0.717) is 0 Å². The lowest BCUT2D eigenvalue weighted by Crippen LogP contribution is -2.48. The molecular weight excluding hydrogens is 112 g/mol. The van der Waals surface area contributed by atoms with E-state index in [0.717, 1.165) is 12.0 Å². The van der Waals surface area contributed by atoms with Gasteiger partial charge in [0.25, 0.3) is 0 Å². The van der Waals surface area contributed by atoms with Gasteiger partial charge in [0.1, 0.15) is 0 Å². The van der Waals surface area contributed by atoms with Crippen LogP contribution in [0.1, 0.15) is 12.8 Å². The minimum absolute atomic E-state index is 0.861. The summed E-state index contributed by atoms with van der Waals surface area (Å²) in [5.74, 6) is 0.943. The van der Waals surface area contributed by atoms with Crippen LogP contribution in [0.3, 0.4) is 0 Å². The molecule has 2 saturated heterocycles. The largest absolute Gasteiger partial charge is 0.316 e. The molecule has 0 aromatic rings. The minimum Gasteiger partial charge on any atom is -0.316 e. The molecule has 9 heavy (non-hydrogen) atoms. The van der Waals surface area contributed by atoms with Gasteiger partial charge >= 0.3 is 0 Å². The van der Waals surface area contributed by atoms with Gasteiger partial charge in [-0.05, 0) is 38.4 Å². The summed E-state index contributed by atoms with van der Waals surface area (Å²) in [4.78, 5) is 0. The van der Waals surface area contributed by atoms with Gasteiger partial charge in [-0.25, -0.2) is 0 Å². The van der Waals surface area contributed by atoms with Gasteiger partial charge in [0, 0.05) is 6.04 Å². The standard InChI is InChI=1S/C7H14N2/c1-3-8-5-6(1)7-2-4-9-7/h6-9H,1-5H2. The molecular formula is C7H14N2. The number of hydrogen-bond donors (Lipinski definition) is 2. The normalized spacial score (nSPS) is 42.7. The third kappa shape index (κ3) is 0.970. The van der Waals surface area contributed by atoms with Crippen LogP contribution >= 0.6 is 0 Å². The van der Waals surface area contributed by atoms with Crippen LogP contribution in [-0.4, -0.2) is 25.7 Å². The van der Waals surface area contributed by atoms with E-state index in [1.807, 2.05) is 0 Å². The fraction of sp³-hybridized carbons (Fsp3) is 1.00. The molecule has 0 radical (unpaired) electrons. The number of nitrogens with one attached hydrogen (secondary N) is 2. The Labute approximate surface area is 56.0 Å². The Bertz CT molecular complexity index is 93.1. The van der Waals surface area contributed by atoms with Crippen LogP contribution in [0, 0.1) is 5.92 Å². The maximum absolute atomic E-state index is 3.45. The summed E-state index contributed by atoms with van der Waals surface area (Å²) in [7, 11) is 0. The van der Waals surface area contributed by atoms with E-state index >= 15 is 0 Å². The minimum atomic E-state index is 0.861. The first-order chi connectivity index (χ1) is 4.47. The Kier molecular flexibility index (Phi) is 1.44. The van der Waals surface area contributed by atoms with Crippen LogP contribution in [0.2, 0.25) is 0 Å². The smallest absolute Gasteiger partial charge is 0.0120 e. The Balaban J connectivity index is 1.82. The Hall–Kier alpha value is -0.0800. The number of hydrogen-bond acceptors (Lipinski definition) is 2. The number of rotatable bonds is 1. The third-order valence-corrected chi connectivity index (χ3v) is 2.53. The summed E-state index contributed by atoms with van der Waals surface area (Å²) in [6, 6.07) is 0.861. The van der Waals surface area contributed by atoms with Crippen molar-refractivity contribution in [1.82, 2.24) is 10.6 Å². The molecule has 0 aliphatic carbocycles. The average Bonchev–Trinajstić information content (AvgIpc) is 2.11. The molecule has 2 fully saturated rings. The highest BCUT2D eigenvalue weighted by molar-refractivity contribution is 4.88. The summed E-state index contributed by atoms with van der Waals surface area (Å²) in [5, 5.41) is 6.83. The molecule has 0 amide bonds. The molecule has 2 N–H and O–H groups in total. The van der Waals surface area contributed by atoms with Crippen molar-refractivity contribution in [2.75, 3.05) is 19.6 Å². The zero-order chi connectivity index (χ0) is 6.10. The van der Waals surface area contributed by atoms with Crippen LogP contribution in [0.5, 0.6) is 0 Å². The first kappa shape index (κ1) is 5.69. The molecule has 2 unspecified atom stereocenters. The van der Waals surface area contributed by atoms with E-state index in [4.69, 9.17) is 0 Å². The van der Waals surface area contributed by atoms with Gasteiger partial charge in [0.2, 0.25) is 0 Å². The van der Waals surface area contributed by atoms with Gasteiger partial charge in [-0.3, -0.25) is 0 Å². The lowest BCUT2D eigenvalue weighted by Gasteiger charge is -2.32. The second-order valence-electron chi connectivity index (χ2n) is 3.10. The van der Waals surface area contributed by atoms with E-state index in [-0.39, 0.29) is 0 Å². The lowest BCUT2D eigenvalue weighted by molar-refractivity contribution is 0.275. The highest BCUT2D eigenvalue weighted by Crippen LogP contribution is 2.19. The first-order valence-electron chi connectivity index (χ1n) is 3.91. The predicted octanol–water partition coefficient (Wildman–Crippen LogP) is -0.0422. The highest BCUT2D eigenvalue weighted by atomic mass is 15.0. The molecule has 0 spiro atoms. The van der Waals surface area contributed by atoms with Crippen molar-refractivity contribution >= 4 is 0 Å². The van der Waals surface area contributed by atoms with Crippen LogP contribution in [-0.2, 0) is 0 Å². The van der Waals surface area contributed by atoms with Crippen molar-refractivity contribution in [1.29, 1.82) is 0 Å². The van der Waals surface area contributed by atoms with Crippen molar-refractivity contribution in [3.05, 3.63) is 0 Å². The van der Waals surface area contributed by atoms with Crippen molar-refractivity contribution in [2.24, 2.45) is 5.92 Å². The fourth-order valence-corrected chi connectivity index (χ4v) is 1.73. The summed E-state index contributed by atoms with van der Waals surface area (Å²) in [6.45, 7) is 3.74. The summed E-state index contributed by atoms with van der Waals surface area (Å²) in [6.07, 6.45) is 2.80. The topological polar surface area (TPSA) is 24.1 Å². The molecule has 2 aliphatic heterocycles. The molecule has 0 aromatic heterocycles. The summed E-state index contributed by atoms with van der Waals surface area (Å²) < 4.78 is 0. The fourth-order valence-electron chi connectivity index (χ4n) is 1.73. The molecule has 2 atom stereocenters. The molecule has 2 aliphatic rings. The quantitative estimate of drug-likeness (QED) is 0.515. The molecule has 52 valence electrons. The van der Waals surface area contributed by atoms with Crippen molar-refractivity contribution in [3.63, 3.8) is 0 Å².